The maximum absolute atomic E-state index is 8.75. The van der Waals surface area contributed by atoms with Gasteiger partial charge < -0.3 is 10.4 Å². The summed E-state index contributed by atoms with van der Waals surface area (Å²) in [5.74, 6) is 0. The minimum Gasteiger partial charge on any atom is -0.395 e. The zero-order valence-electron chi connectivity index (χ0n) is 7.49. The Balaban J connectivity index is 2.38. The van der Waals surface area contributed by atoms with Gasteiger partial charge in [0.25, 0.3) is 0 Å². The lowest BCUT2D eigenvalue weighted by molar-refractivity contribution is 0.250. The van der Waals surface area contributed by atoms with Crippen LogP contribution in [0.15, 0.2) is 12.3 Å². The number of aliphatic hydroxyl groups excluding tert-OH is 1. The van der Waals surface area contributed by atoms with Crippen LogP contribution < -0.4 is 5.32 Å². The van der Waals surface area contributed by atoms with Crippen molar-refractivity contribution in [1.82, 2.24) is 15.1 Å². The molecule has 0 saturated carbocycles. The van der Waals surface area contributed by atoms with Crippen LogP contribution in [0.25, 0.3) is 0 Å². The Morgan fingerprint density at radius 1 is 1.75 bits per heavy atom. The van der Waals surface area contributed by atoms with Gasteiger partial charge in [-0.1, -0.05) is 0 Å². The first-order valence-corrected chi connectivity index (χ1v) is 4.05. The van der Waals surface area contributed by atoms with Gasteiger partial charge in [-0.25, -0.2) is 0 Å². The predicted molar refractivity (Wildman–Crippen MR) is 46.6 cm³/mol. The van der Waals surface area contributed by atoms with E-state index in [2.05, 4.69) is 10.4 Å². The molecule has 4 nitrogen and oxygen atoms in total. The van der Waals surface area contributed by atoms with Gasteiger partial charge in [-0.3, -0.25) is 4.68 Å². The molecule has 0 aliphatic carbocycles. The molecule has 0 aliphatic heterocycles. The van der Waals surface area contributed by atoms with E-state index in [-0.39, 0.29) is 12.6 Å². The van der Waals surface area contributed by atoms with E-state index in [0.717, 1.165) is 12.2 Å². The van der Waals surface area contributed by atoms with Crippen LogP contribution in [0.4, 0.5) is 0 Å². The molecular formula is C8H15N3O. The van der Waals surface area contributed by atoms with Crippen molar-refractivity contribution in [3.63, 3.8) is 0 Å². The summed E-state index contributed by atoms with van der Waals surface area (Å²) in [5.41, 5.74) is 1.12. The second-order valence-electron chi connectivity index (χ2n) is 2.91. The lowest BCUT2D eigenvalue weighted by Gasteiger charge is -2.09. The molecule has 0 aromatic carbocycles. The lowest BCUT2D eigenvalue weighted by atomic mass is 10.3. The molecule has 2 N–H and O–H groups in total. The Labute approximate surface area is 72.2 Å². The zero-order valence-corrected chi connectivity index (χ0v) is 7.49. The van der Waals surface area contributed by atoms with E-state index >= 15 is 0 Å². The fourth-order valence-electron chi connectivity index (χ4n) is 0.918. The molecule has 0 spiro atoms. The highest BCUT2D eigenvalue weighted by atomic mass is 16.3. The van der Waals surface area contributed by atoms with Crippen LogP contribution in [0.5, 0.6) is 0 Å². The molecule has 1 heterocycles. The quantitative estimate of drug-likeness (QED) is 0.661. The highest BCUT2D eigenvalue weighted by Crippen LogP contribution is 1.95. The Morgan fingerprint density at radius 2 is 2.50 bits per heavy atom. The van der Waals surface area contributed by atoms with Crippen LogP contribution in [-0.4, -0.2) is 27.5 Å². The average Bonchev–Trinajstić information content (AvgIpc) is 2.47. The van der Waals surface area contributed by atoms with Crippen LogP contribution in [0.1, 0.15) is 12.6 Å². The fourth-order valence-corrected chi connectivity index (χ4v) is 0.918. The van der Waals surface area contributed by atoms with E-state index in [0.29, 0.717) is 0 Å². The van der Waals surface area contributed by atoms with E-state index in [9.17, 15) is 0 Å². The van der Waals surface area contributed by atoms with Crippen molar-refractivity contribution < 1.29 is 5.11 Å². The van der Waals surface area contributed by atoms with Crippen molar-refractivity contribution in [2.24, 2.45) is 7.05 Å². The number of aromatic nitrogens is 2. The minimum atomic E-state index is 0.139. The molecule has 12 heavy (non-hydrogen) atoms. The summed E-state index contributed by atoms with van der Waals surface area (Å²) < 4.78 is 1.82. The monoisotopic (exact) mass is 169 g/mol. The molecule has 0 aliphatic rings. The highest BCUT2D eigenvalue weighted by molar-refractivity contribution is 4.99. The molecule has 68 valence electrons. The largest absolute Gasteiger partial charge is 0.395 e. The van der Waals surface area contributed by atoms with Crippen molar-refractivity contribution in [2.75, 3.05) is 6.61 Å². The smallest absolute Gasteiger partial charge is 0.0582 e. The van der Waals surface area contributed by atoms with Crippen molar-refractivity contribution in [3.05, 3.63) is 18.0 Å². The summed E-state index contributed by atoms with van der Waals surface area (Å²) in [7, 11) is 1.90. The summed E-state index contributed by atoms with van der Waals surface area (Å²) >= 11 is 0. The zero-order chi connectivity index (χ0) is 8.97. The lowest BCUT2D eigenvalue weighted by Crippen LogP contribution is -2.29. The molecular weight excluding hydrogens is 154 g/mol. The van der Waals surface area contributed by atoms with Gasteiger partial charge >= 0.3 is 0 Å². The van der Waals surface area contributed by atoms with Gasteiger partial charge in [0, 0.05) is 25.8 Å². The highest BCUT2D eigenvalue weighted by Gasteiger charge is 2.01. The topological polar surface area (TPSA) is 50.1 Å². The van der Waals surface area contributed by atoms with Crippen LogP contribution >= 0.6 is 0 Å². The predicted octanol–water partition coefficient (Wildman–Crippen LogP) is -0.110. The van der Waals surface area contributed by atoms with Gasteiger partial charge in [0.1, 0.15) is 0 Å². The molecule has 1 aromatic rings. The molecule has 4 heteroatoms. The van der Waals surface area contributed by atoms with Gasteiger partial charge in [-0.15, -0.1) is 0 Å². The number of aryl methyl sites for hydroxylation is 1. The van der Waals surface area contributed by atoms with E-state index in [4.69, 9.17) is 5.11 Å². The van der Waals surface area contributed by atoms with Gasteiger partial charge in [0.05, 0.1) is 12.3 Å². The minimum absolute atomic E-state index is 0.139. The Hall–Kier alpha value is -0.870. The molecule has 1 rings (SSSR count). The molecule has 1 atom stereocenters. The Kier molecular flexibility index (Phi) is 3.25. The summed E-state index contributed by atoms with van der Waals surface area (Å²) in [5, 5.41) is 15.9. The SMILES string of the molecule is CC(CO)NCc1ccnn1C. The number of aliphatic hydroxyl groups is 1. The number of nitrogens with one attached hydrogen (secondary N) is 1. The first-order valence-electron chi connectivity index (χ1n) is 4.05. The first kappa shape index (κ1) is 9.22. The van der Waals surface area contributed by atoms with E-state index in [1.165, 1.54) is 0 Å². The average molecular weight is 169 g/mol. The van der Waals surface area contributed by atoms with Gasteiger partial charge in [0.2, 0.25) is 0 Å². The Morgan fingerprint density at radius 3 is 3.00 bits per heavy atom. The Bertz CT molecular complexity index is 234. The molecule has 0 radical (unpaired) electrons. The van der Waals surface area contributed by atoms with Crippen LogP contribution in [0.2, 0.25) is 0 Å². The van der Waals surface area contributed by atoms with Gasteiger partial charge in [-0.05, 0) is 13.0 Å². The number of hydrogen-bond donors (Lipinski definition) is 2. The van der Waals surface area contributed by atoms with Crippen LogP contribution in [0.3, 0.4) is 0 Å². The van der Waals surface area contributed by atoms with Crippen molar-refractivity contribution in [1.29, 1.82) is 0 Å². The normalized spacial score (nSPS) is 13.2. The molecule has 0 saturated heterocycles. The third kappa shape index (κ3) is 2.32. The van der Waals surface area contributed by atoms with Crippen LogP contribution in [0, 0.1) is 0 Å². The summed E-state index contributed by atoms with van der Waals surface area (Å²) in [6.07, 6.45) is 1.76. The second kappa shape index (κ2) is 4.23. The first-order chi connectivity index (χ1) is 5.74. The maximum atomic E-state index is 8.75. The van der Waals surface area contributed by atoms with E-state index in [1.807, 2.05) is 24.7 Å². The van der Waals surface area contributed by atoms with E-state index < -0.39 is 0 Å². The van der Waals surface area contributed by atoms with Crippen molar-refractivity contribution >= 4 is 0 Å². The molecule has 0 amide bonds. The second-order valence-corrected chi connectivity index (χ2v) is 2.91. The van der Waals surface area contributed by atoms with E-state index in [1.54, 1.807) is 6.20 Å². The third-order valence-electron chi connectivity index (χ3n) is 1.83. The fraction of sp³-hybridized carbons (Fsp3) is 0.625. The maximum Gasteiger partial charge on any atom is 0.0582 e. The number of hydrogen-bond acceptors (Lipinski definition) is 3. The summed E-state index contributed by atoms with van der Waals surface area (Å²) in [6, 6.07) is 2.09. The van der Waals surface area contributed by atoms with Crippen molar-refractivity contribution in [2.45, 2.75) is 19.5 Å². The molecule has 1 aromatic heterocycles. The molecule has 0 fully saturated rings. The van der Waals surface area contributed by atoms with Crippen molar-refractivity contribution in [3.8, 4) is 0 Å². The summed E-state index contributed by atoms with van der Waals surface area (Å²) in [4.78, 5) is 0. The number of rotatable bonds is 4. The molecule has 0 bridgehead atoms. The van der Waals surface area contributed by atoms with Gasteiger partial charge in [0.15, 0.2) is 0 Å². The van der Waals surface area contributed by atoms with Crippen LogP contribution in [-0.2, 0) is 13.6 Å². The number of nitrogens with zero attached hydrogens (tertiary/aromatic N) is 2. The summed E-state index contributed by atoms with van der Waals surface area (Å²) in [6.45, 7) is 2.85. The molecule has 1 unspecified atom stereocenters. The standard InChI is InChI=1S/C8H15N3O/c1-7(6-12)9-5-8-3-4-10-11(8)2/h3-4,7,9,12H,5-6H2,1-2H3. The van der Waals surface area contributed by atoms with Gasteiger partial charge in [-0.2, -0.15) is 5.10 Å². The third-order valence-corrected chi connectivity index (χ3v) is 1.83.